The van der Waals surface area contributed by atoms with E-state index in [0.717, 1.165) is 31.4 Å². The van der Waals surface area contributed by atoms with E-state index in [9.17, 15) is 5.11 Å². The Labute approximate surface area is 95.3 Å². The van der Waals surface area contributed by atoms with Crippen LogP contribution in [0.2, 0.25) is 5.02 Å². The summed E-state index contributed by atoms with van der Waals surface area (Å²) in [5.74, 6) is 0. The highest BCUT2D eigenvalue weighted by Gasteiger charge is 2.35. The second-order valence-corrected chi connectivity index (χ2v) is 4.62. The Morgan fingerprint density at radius 1 is 1.53 bits per heavy atom. The monoisotopic (exact) mass is 225 g/mol. The number of aliphatic hydroxyl groups is 1. The van der Waals surface area contributed by atoms with Crippen molar-refractivity contribution in [1.82, 2.24) is 5.32 Å². The van der Waals surface area contributed by atoms with E-state index in [1.807, 2.05) is 25.2 Å². The summed E-state index contributed by atoms with van der Waals surface area (Å²) in [6.45, 7) is 0.822. The molecule has 15 heavy (non-hydrogen) atoms. The maximum absolute atomic E-state index is 10.5. The van der Waals surface area contributed by atoms with Crippen molar-refractivity contribution in [2.24, 2.45) is 0 Å². The number of fused-ring (bicyclic) bond motifs is 1. The van der Waals surface area contributed by atoms with Gasteiger partial charge < -0.3 is 10.4 Å². The maximum atomic E-state index is 10.5. The first-order valence-electron chi connectivity index (χ1n) is 5.31. The molecule has 0 saturated heterocycles. The van der Waals surface area contributed by atoms with Crippen molar-refractivity contribution in [2.75, 3.05) is 13.6 Å². The highest BCUT2D eigenvalue weighted by molar-refractivity contribution is 6.30. The lowest BCUT2D eigenvalue weighted by Crippen LogP contribution is -2.27. The van der Waals surface area contributed by atoms with Crippen molar-refractivity contribution in [3.8, 4) is 0 Å². The third-order valence-electron chi connectivity index (χ3n) is 3.17. The number of aryl methyl sites for hydroxylation is 1. The van der Waals surface area contributed by atoms with Gasteiger partial charge in [-0.25, -0.2) is 0 Å². The van der Waals surface area contributed by atoms with Crippen molar-refractivity contribution in [3.05, 3.63) is 34.3 Å². The van der Waals surface area contributed by atoms with E-state index in [4.69, 9.17) is 11.6 Å². The van der Waals surface area contributed by atoms with Crippen molar-refractivity contribution in [2.45, 2.75) is 24.9 Å². The Balaban J connectivity index is 2.29. The fourth-order valence-electron chi connectivity index (χ4n) is 2.27. The van der Waals surface area contributed by atoms with E-state index in [1.54, 1.807) is 0 Å². The van der Waals surface area contributed by atoms with Gasteiger partial charge in [0.15, 0.2) is 0 Å². The summed E-state index contributed by atoms with van der Waals surface area (Å²) in [6.07, 6.45) is 2.51. The van der Waals surface area contributed by atoms with Gasteiger partial charge in [-0.15, -0.1) is 0 Å². The predicted octanol–water partition coefficient (Wildman–Crippen LogP) is 2.08. The van der Waals surface area contributed by atoms with Gasteiger partial charge in [0.05, 0.1) is 5.60 Å². The minimum atomic E-state index is -0.677. The molecule has 0 fully saturated rings. The van der Waals surface area contributed by atoms with Crippen LogP contribution in [0, 0.1) is 0 Å². The molecule has 3 heteroatoms. The summed E-state index contributed by atoms with van der Waals surface area (Å²) in [6, 6.07) is 5.82. The largest absolute Gasteiger partial charge is 0.385 e. The van der Waals surface area contributed by atoms with Crippen molar-refractivity contribution >= 4 is 11.6 Å². The Morgan fingerprint density at radius 3 is 3.07 bits per heavy atom. The predicted molar refractivity (Wildman–Crippen MR) is 62.2 cm³/mol. The van der Waals surface area contributed by atoms with Gasteiger partial charge in [-0.1, -0.05) is 17.7 Å². The molecule has 0 aromatic heterocycles. The highest BCUT2D eigenvalue weighted by atomic mass is 35.5. The van der Waals surface area contributed by atoms with Crippen LogP contribution in [0.25, 0.3) is 0 Å². The van der Waals surface area contributed by atoms with Gasteiger partial charge in [0.2, 0.25) is 0 Å². The lowest BCUT2D eigenvalue weighted by atomic mass is 9.92. The molecule has 1 unspecified atom stereocenters. The Morgan fingerprint density at radius 2 is 2.33 bits per heavy atom. The van der Waals surface area contributed by atoms with Gasteiger partial charge in [0.1, 0.15) is 0 Å². The zero-order chi connectivity index (χ0) is 10.9. The van der Waals surface area contributed by atoms with Crippen LogP contribution in [0.4, 0.5) is 0 Å². The number of hydrogen-bond acceptors (Lipinski definition) is 2. The third kappa shape index (κ3) is 2.03. The highest BCUT2D eigenvalue weighted by Crippen LogP contribution is 2.40. The average molecular weight is 226 g/mol. The fourth-order valence-corrected chi connectivity index (χ4v) is 2.44. The molecule has 0 heterocycles. The molecule has 0 radical (unpaired) electrons. The molecule has 2 rings (SSSR count). The second-order valence-electron chi connectivity index (χ2n) is 4.19. The normalized spacial score (nSPS) is 24.2. The third-order valence-corrected chi connectivity index (χ3v) is 3.40. The minimum absolute atomic E-state index is 0.677. The molecule has 0 aliphatic heterocycles. The molecule has 1 atom stereocenters. The molecule has 0 spiro atoms. The van der Waals surface area contributed by atoms with Crippen LogP contribution in [0.5, 0.6) is 0 Å². The number of nitrogens with one attached hydrogen (secondary N) is 1. The second kappa shape index (κ2) is 4.12. The topological polar surface area (TPSA) is 32.3 Å². The summed E-state index contributed by atoms with van der Waals surface area (Å²) in [5.41, 5.74) is 1.58. The Bertz CT molecular complexity index is 367. The summed E-state index contributed by atoms with van der Waals surface area (Å²) < 4.78 is 0. The SMILES string of the molecule is CNCCC1(O)CCc2ccc(Cl)cc21. The summed E-state index contributed by atoms with van der Waals surface area (Å²) in [7, 11) is 1.90. The molecule has 1 aromatic carbocycles. The lowest BCUT2D eigenvalue weighted by molar-refractivity contribution is 0.0303. The Kier molecular flexibility index (Phi) is 3.01. The molecular formula is C12H16ClNO. The number of halogens is 1. The first kappa shape index (κ1) is 10.9. The lowest BCUT2D eigenvalue weighted by Gasteiger charge is -2.24. The van der Waals surface area contributed by atoms with E-state index < -0.39 is 5.60 Å². The Hall–Kier alpha value is -0.570. The number of hydrogen-bond donors (Lipinski definition) is 2. The van der Waals surface area contributed by atoms with Crippen LogP contribution in [0.15, 0.2) is 18.2 Å². The average Bonchev–Trinajstić information content (AvgIpc) is 2.55. The van der Waals surface area contributed by atoms with E-state index in [-0.39, 0.29) is 0 Å². The zero-order valence-electron chi connectivity index (χ0n) is 8.89. The molecule has 0 bridgehead atoms. The van der Waals surface area contributed by atoms with Crippen LogP contribution in [-0.2, 0) is 12.0 Å². The van der Waals surface area contributed by atoms with Crippen LogP contribution in [0.1, 0.15) is 24.0 Å². The molecule has 0 saturated carbocycles. The van der Waals surface area contributed by atoms with Gasteiger partial charge >= 0.3 is 0 Å². The summed E-state index contributed by atoms with van der Waals surface area (Å²) in [4.78, 5) is 0. The fraction of sp³-hybridized carbons (Fsp3) is 0.500. The van der Waals surface area contributed by atoms with Gasteiger partial charge in [0.25, 0.3) is 0 Å². The summed E-state index contributed by atoms with van der Waals surface area (Å²) in [5, 5.41) is 14.3. The van der Waals surface area contributed by atoms with Crippen molar-refractivity contribution in [1.29, 1.82) is 0 Å². The number of benzene rings is 1. The molecular weight excluding hydrogens is 210 g/mol. The van der Waals surface area contributed by atoms with Gasteiger partial charge in [0, 0.05) is 5.02 Å². The first-order valence-corrected chi connectivity index (χ1v) is 5.69. The van der Waals surface area contributed by atoms with E-state index in [0.29, 0.717) is 5.02 Å². The minimum Gasteiger partial charge on any atom is -0.385 e. The zero-order valence-corrected chi connectivity index (χ0v) is 9.64. The quantitative estimate of drug-likeness (QED) is 0.826. The first-order chi connectivity index (χ1) is 7.15. The molecule has 0 amide bonds. The van der Waals surface area contributed by atoms with Crippen molar-refractivity contribution in [3.63, 3.8) is 0 Å². The van der Waals surface area contributed by atoms with Crippen molar-refractivity contribution < 1.29 is 5.11 Å². The van der Waals surface area contributed by atoms with Crippen LogP contribution < -0.4 is 5.32 Å². The summed E-state index contributed by atoms with van der Waals surface area (Å²) >= 11 is 5.96. The molecule has 82 valence electrons. The molecule has 2 N–H and O–H groups in total. The van der Waals surface area contributed by atoms with E-state index in [1.165, 1.54) is 5.56 Å². The molecule has 2 nitrogen and oxygen atoms in total. The van der Waals surface area contributed by atoms with E-state index in [2.05, 4.69) is 5.32 Å². The number of rotatable bonds is 3. The van der Waals surface area contributed by atoms with Crippen LogP contribution in [-0.4, -0.2) is 18.7 Å². The van der Waals surface area contributed by atoms with E-state index >= 15 is 0 Å². The molecule has 1 aromatic rings. The smallest absolute Gasteiger partial charge is 0.0915 e. The molecule has 1 aliphatic rings. The van der Waals surface area contributed by atoms with Gasteiger partial charge in [-0.3, -0.25) is 0 Å². The maximum Gasteiger partial charge on any atom is 0.0915 e. The molecule has 1 aliphatic carbocycles. The van der Waals surface area contributed by atoms with Crippen LogP contribution >= 0.6 is 11.6 Å². The van der Waals surface area contributed by atoms with Crippen LogP contribution in [0.3, 0.4) is 0 Å². The van der Waals surface area contributed by atoms with Gasteiger partial charge in [-0.2, -0.15) is 0 Å². The van der Waals surface area contributed by atoms with Gasteiger partial charge in [-0.05, 0) is 56.1 Å². The standard InChI is InChI=1S/C12H16ClNO/c1-14-7-6-12(15)5-4-9-2-3-10(13)8-11(9)12/h2-3,8,14-15H,4-7H2,1H3.